The second kappa shape index (κ2) is 4.57. The quantitative estimate of drug-likeness (QED) is 0.437. The maximum absolute atomic E-state index is 11.0. The Morgan fingerprint density at radius 2 is 1.85 bits per heavy atom. The van der Waals surface area contributed by atoms with Crippen LogP contribution in [0.1, 0.15) is 9.23 Å². The largest absolute Gasteiger partial charge is 0.342 e. The average molecular weight is 424 g/mol. The number of hydrogen-bond donors (Lipinski definition) is 2. The summed E-state index contributed by atoms with van der Waals surface area (Å²) in [6.45, 7) is 0. The molecule has 0 spiro atoms. The van der Waals surface area contributed by atoms with Crippen LogP contribution in [0.4, 0.5) is 0 Å². The first-order chi connectivity index (χ1) is 5.93. The zero-order valence-electron chi connectivity index (χ0n) is 6.39. The Kier molecular flexibility index (Phi) is 4.18. The molecule has 13 heavy (non-hydrogen) atoms. The second-order valence-electron chi connectivity index (χ2n) is 2.45. The van der Waals surface area contributed by atoms with Gasteiger partial charge in [-0.05, 0) is 34.2 Å². The number of hydrogen-bond acceptors (Lipinski definition) is 1. The van der Waals surface area contributed by atoms with Gasteiger partial charge in [-0.2, -0.15) is 0 Å². The van der Waals surface area contributed by atoms with E-state index in [1.165, 1.54) is 0 Å². The van der Waals surface area contributed by atoms with E-state index in [1.807, 2.05) is 12.1 Å². The smallest absolute Gasteiger partial charge is 0.323 e. The lowest BCUT2D eigenvalue weighted by Crippen LogP contribution is -1.93. The summed E-state index contributed by atoms with van der Waals surface area (Å²) < 4.78 is 11.1. The van der Waals surface area contributed by atoms with E-state index in [4.69, 9.17) is 9.79 Å². The minimum Gasteiger partial charge on any atom is -0.323 e. The molecule has 0 aliphatic carbocycles. The summed E-state index contributed by atoms with van der Waals surface area (Å²) in [7, 11) is -4.02. The molecule has 1 aromatic rings. The molecule has 0 aliphatic heterocycles. The predicted molar refractivity (Wildman–Crippen MR) is 68.0 cm³/mol. The van der Waals surface area contributed by atoms with Crippen LogP contribution in [0.25, 0.3) is 0 Å². The molecule has 0 amide bonds. The molecule has 0 bridgehead atoms. The molecule has 2 N–H and O–H groups in total. The summed E-state index contributed by atoms with van der Waals surface area (Å²) in [6, 6.07) is 7.18. The SMILES string of the molecule is O=P(O)(O)C(I)c1ccccc1I. The minimum absolute atomic E-state index is 0.692. The molecule has 0 fully saturated rings. The topological polar surface area (TPSA) is 57.5 Å². The third-order valence-corrected chi connectivity index (χ3v) is 6.16. The van der Waals surface area contributed by atoms with Crippen molar-refractivity contribution in [1.82, 2.24) is 0 Å². The summed E-state index contributed by atoms with van der Waals surface area (Å²) in [5.41, 5.74) is 0.692. The normalized spacial score (nSPS) is 14.2. The van der Waals surface area contributed by atoms with Crippen LogP contribution in [-0.4, -0.2) is 9.79 Å². The fourth-order valence-corrected chi connectivity index (χ4v) is 3.52. The number of alkyl halides is 1. The minimum atomic E-state index is -4.02. The molecule has 3 nitrogen and oxygen atoms in total. The van der Waals surface area contributed by atoms with Gasteiger partial charge in [0.25, 0.3) is 0 Å². The third kappa shape index (κ3) is 3.16. The zero-order valence-corrected chi connectivity index (χ0v) is 11.6. The fraction of sp³-hybridized carbons (Fsp3) is 0.143. The molecular formula is C7H7I2O3P. The third-order valence-electron chi connectivity index (χ3n) is 1.46. The molecule has 6 heteroatoms. The lowest BCUT2D eigenvalue weighted by molar-refractivity contribution is 0.372. The highest BCUT2D eigenvalue weighted by Crippen LogP contribution is 2.56. The first-order valence-corrected chi connectivity index (χ1v) is 7.37. The monoisotopic (exact) mass is 424 g/mol. The van der Waals surface area contributed by atoms with Gasteiger partial charge in [-0.1, -0.05) is 40.8 Å². The maximum atomic E-state index is 11.0. The Hall–Kier alpha value is 0.830. The van der Waals surface area contributed by atoms with Gasteiger partial charge in [0.05, 0.1) is 0 Å². The van der Waals surface area contributed by atoms with E-state index >= 15 is 0 Å². The van der Waals surface area contributed by atoms with Gasteiger partial charge in [-0.3, -0.25) is 4.57 Å². The van der Waals surface area contributed by atoms with Gasteiger partial charge in [0.1, 0.15) is 3.67 Å². The van der Waals surface area contributed by atoms with Crippen LogP contribution < -0.4 is 0 Å². The highest BCUT2D eigenvalue weighted by Gasteiger charge is 2.28. The van der Waals surface area contributed by atoms with Crippen LogP contribution >= 0.6 is 52.8 Å². The van der Waals surface area contributed by atoms with E-state index < -0.39 is 11.3 Å². The molecule has 1 aromatic carbocycles. The highest BCUT2D eigenvalue weighted by molar-refractivity contribution is 14.1. The Morgan fingerprint density at radius 3 is 2.31 bits per heavy atom. The van der Waals surface area contributed by atoms with Crippen molar-refractivity contribution in [1.29, 1.82) is 0 Å². The van der Waals surface area contributed by atoms with E-state index in [1.54, 1.807) is 34.7 Å². The number of rotatable bonds is 2. The van der Waals surface area contributed by atoms with Crippen LogP contribution in [-0.2, 0) is 4.57 Å². The summed E-state index contributed by atoms with van der Waals surface area (Å²) in [4.78, 5) is 17.9. The standard InChI is InChI=1S/C7H7I2O3P/c8-6-4-2-1-3-5(6)7(9)13(10,11)12/h1-4,7H,(H2,10,11,12). The summed E-state index contributed by atoms with van der Waals surface area (Å²) in [6.07, 6.45) is 0. The zero-order chi connectivity index (χ0) is 10.1. The molecule has 1 atom stereocenters. The lowest BCUT2D eigenvalue weighted by atomic mass is 10.2. The van der Waals surface area contributed by atoms with Crippen molar-refractivity contribution in [2.24, 2.45) is 0 Å². The van der Waals surface area contributed by atoms with Gasteiger partial charge in [-0.15, -0.1) is 0 Å². The van der Waals surface area contributed by atoms with Crippen LogP contribution in [0.15, 0.2) is 24.3 Å². The molecule has 0 heterocycles. The van der Waals surface area contributed by atoms with E-state index in [9.17, 15) is 4.57 Å². The predicted octanol–water partition coefficient (Wildman–Crippen LogP) is 2.90. The van der Waals surface area contributed by atoms with Crippen LogP contribution in [0.2, 0.25) is 0 Å². The van der Waals surface area contributed by atoms with Gasteiger partial charge in [-0.25, -0.2) is 0 Å². The first-order valence-electron chi connectivity index (χ1n) is 3.36. The summed E-state index contributed by atoms with van der Waals surface area (Å²) in [5.74, 6) is 0. The van der Waals surface area contributed by atoms with E-state index in [-0.39, 0.29) is 0 Å². The van der Waals surface area contributed by atoms with Gasteiger partial charge in [0, 0.05) is 3.57 Å². The summed E-state index contributed by atoms with van der Waals surface area (Å²) >= 11 is 3.84. The van der Waals surface area contributed by atoms with E-state index in [0.29, 0.717) is 5.56 Å². The van der Waals surface area contributed by atoms with Crippen molar-refractivity contribution < 1.29 is 14.4 Å². The molecule has 1 rings (SSSR count). The van der Waals surface area contributed by atoms with Crippen LogP contribution in [0.5, 0.6) is 0 Å². The van der Waals surface area contributed by atoms with Gasteiger partial charge in [0.15, 0.2) is 0 Å². The van der Waals surface area contributed by atoms with Crippen LogP contribution in [0.3, 0.4) is 0 Å². The highest BCUT2D eigenvalue weighted by atomic mass is 127. The van der Waals surface area contributed by atoms with Crippen molar-refractivity contribution >= 4 is 52.8 Å². The van der Waals surface area contributed by atoms with Crippen molar-refractivity contribution in [3.05, 3.63) is 33.4 Å². The number of halogens is 2. The molecule has 72 valence electrons. The Morgan fingerprint density at radius 1 is 1.31 bits per heavy atom. The Balaban J connectivity index is 3.09. The van der Waals surface area contributed by atoms with Crippen molar-refractivity contribution in [2.45, 2.75) is 3.67 Å². The van der Waals surface area contributed by atoms with E-state index in [0.717, 1.165) is 3.57 Å². The van der Waals surface area contributed by atoms with Gasteiger partial charge < -0.3 is 9.79 Å². The molecule has 0 aliphatic rings. The van der Waals surface area contributed by atoms with Crippen molar-refractivity contribution in [2.75, 3.05) is 0 Å². The molecule has 0 radical (unpaired) electrons. The first kappa shape index (κ1) is 11.9. The second-order valence-corrected chi connectivity index (χ2v) is 7.53. The number of benzene rings is 1. The Labute approximate surface area is 103 Å². The molecule has 0 saturated heterocycles. The van der Waals surface area contributed by atoms with E-state index in [2.05, 4.69) is 22.6 Å². The Bertz CT molecular complexity index is 349. The van der Waals surface area contributed by atoms with Crippen molar-refractivity contribution in [3.8, 4) is 0 Å². The molecule has 1 unspecified atom stereocenters. The van der Waals surface area contributed by atoms with Crippen molar-refractivity contribution in [3.63, 3.8) is 0 Å². The molecular weight excluding hydrogens is 417 g/mol. The summed E-state index contributed by atoms with van der Waals surface area (Å²) in [5, 5.41) is 0. The maximum Gasteiger partial charge on any atom is 0.342 e. The van der Waals surface area contributed by atoms with Gasteiger partial charge >= 0.3 is 7.60 Å². The molecule has 0 saturated carbocycles. The van der Waals surface area contributed by atoms with Gasteiger partial charge in [0.2, 0.25) is 0 Å². The average Bonchev–Trinajstić information content (AvgIpc) is 2.02. The molecule has 0 aromatic heterocycles. The lowest BCUT2D eigenvalue weighted by Gasteiger charge is -2.13. The van der Waals surface area contributed by atoms with Crippen LogP contribution in [0, 0.1) is 3.57 Å². The fourth-order valence-electron chi connectivity index (χ4n) is 0.849.